The summed E-state index contributed by atoms with van der Waals surface area (Å²) in [6.45, 7) is 2.39. The van der Waals surface area contributed by atoms with Crippen molar-refractivity contribution in [2.45, 2.75) is 32.1 Å². The van der Waals surface area contributed by atoms with Gasteiger partial charge < -0.3 is 10.2 Å². The molecule has 0 radical (unpaired) electrons. The molecule has 0 atom stereocenters. The first kappa shape index (κ1) is 20.5. The zero-order valence-electron chi connectivity index (χ0n) is 17.0. The van der Waals surface area contributed by atoms with Gasteiger partial charge in [0.05, 0.1) is 9.58 Å². The summed E-state index contributed by atoms with van der Waals surface area (Å²) in [5, 5.41) is 4.10. The van der Waals surface area contributed by atoms with Gasteiger partial charge in [-0.2, -0.15) is 0 Å². The molecule has 0 unspecified atom stereocenters. The summed E-state index contributed by atoms with van der Waals surface area (Å²) in [7, 11) is 0. The highest BCUT2D eigenvalue weighted by Crippen LogP contribution is 2.25. The molecule has 1 saturated heterocycles. The normalized spacial score (nSPS) is 14.7. The number of rotatable bonds is 7. The first-order valence-electron chi connectivity index (χ1n) is 10.7. The number of thiophene rings is 1. The molecule has 6 heteroatoms. The summed E-state index contributed by atoms with van der Waals surface area (Å²) in [6.07, 6.45) is 8.95. The van der Waals surface area contributed by atoms with Crippen molar-refractivity contribution in [3.8, 4) is 0 Å². The fraction of sp³-hybridized carbons (Fsp3) is 0.375. The Balaban J connectivity index is 1.13. The Bertz CT molecular complexity index is 961. The molecule has 1 aliphatic rings. The van der Waals surface area contributed by atoms with Crippen LogP contribution >= 0.6 is 11.3 Å². The van der Waals surface area contributed by atoms with Crippen LogP contribution in [0.1, 0.15) is 52.1 Å². The van der Waals surface area contributed by atoms with Crippen LogP contribution in [-0.4, -0.2) is 41.3 Å². The Morgan fingerprint density at radius 2 is 1.90 bits per heavy atom. The number of aromatic nitrogens is 1. The number of amides is 2. The van der Waals surface area contributed by atoms with E-state index < -0.39 is 0 Å². The highest BCUT2D eigenvalue weighted by atomic mass is 32.1. The fourth-order valence-electron chi connectivity index (χ4n) is 4.03. The molecule has 3 heterocycles. The molecule has 4 rings (SSSR count). The minimum atomic E-state index is 0.00364. The number of nitrogens with zero attached hydrogens (tertiary/aromatic N) is 2. The minimum absolute atomic E-state index is 0.00364. The smallest absolute Gasteiger partial charge is 0.261 e. The molecule has 30 heavy (non-hydrogen) atoms. The molecule has 0 bridgehead atoms. The lowest BCUT2D eigenvalue weighted by atomic mass is 9.91. The van der Waals surface area contributed by atoms with E-state index in [9.17, 15) is 9.59 Å². The van der Waals surface area contributed by atoms with Crippen LogP contribution < -0.4 is 5.32 Å². The van der Waals surface area contributed by atoms with Crippen LogP contribution in [0.15, 0.2) is 54.9 Å². The first-order chi connectivity index (χ1) is 14.7. The molecular weight excluding hydrogens is 394 g/mol. The van der Waals surface area contributed by atoms with E-state index in [0.717, 1.165) is 65.7 Å². The molecule has 1 N–H and O–H groups in total. The maximum Gasteiger partial charge on any atom is 0.261 e. The highest BCUT2D eigenvalue weighted by molar-refractivity contribution is 7.20. The average Bonchev–Trinajstić information content (AvgIpc) is 3.24. The molecule has 0 spiro atoms. The summed E-state index contributed by atoms with van der Waals surface area (Å²) in [6, 6.07) is 13.4. The van der Waals surface area contributed by atoms with Crippen LogP contribution in [-0.2, 0) is 0 Å². The maximum absolute atomic E-state index is 12.5. The monoisotopic (exact) mass is 421 g/mol. The third-order valence-electron chi connectivity index (χ3n) is 5.79. The number of carbonyl (C=O) groups excluding carboxylic acids is 2. The van der Waals surface area contributed by atoms with Gasteiger partial charge in [-0.15, -0.1) is 11.3 Å². The van der Waals surface area contributed by atoms with Crippen molar-refractivity contribution in [1.29, 1.82) is 0 Å². The maximum atomic E-state index is 12.5. The molecule has 1 fully saturated rings. The van der Waals surface area contributed by atoms with Gasteiger partial charge in [-0.3, -0.25) is 14.6 Å². The lowest BCUT2D eigenvalue weighted by Gasteiger charge is -2.32. The van der Waals surface area contributed by atoms with Gasteiger partial charge in [0, 0.05) is 37.6 Å². The Morgan fingerprint density at radius 1 is 1.10 bits per heavy atom. The minimum Gasteiger partial charge on any atom is -0.351 e. The number of likely N-dealkylation sites (tertiary alicyclic amines) is 1. The molecule has 156 valence electrons. The van der Waals surface area contributed by atoms with Crippen molar-refractivity contribution in [2.24, 2.45) is 5.92 Å². The zero-order chi connectivity index (χ0) is 20.8. The Kier molecular flexibility index (Phi) is 6.74. The van der Waals surface area contributed by atoms with E-state index in [-0.39, 0.29) is 11.8 Å². The van der Waals surface area contributed by atoms with Crippen molar-refractivity contribution in [1.82, 2.24) is 15.2 Å². The standard InChI is InChI=1S/C24H27N3O2S/c28-23(21-16-20-9-13-25-17-22(20)30-21)26-12-5-4-6-18-10-14-27(15-11-18)24(29)19-7-2-1-3-8-19/h1-3,7-9,13,16-18H,4-6,10-12,14-15H2,(H,26,28). The van der Waals surface area contributed by atoms with Crippen molar-refractivity contribution in [2.75, 3.05) is 19.6 Å². The van der Waals surface area contributed by atoms with Gasteiger partial charge in [-0.1, -0.05) is 31.0 Å². The van der Waals surface area contributed by atoms with Crippen LogP contribution in [0.25, 0.3) is 10.1 Å². The third-order valence-corrected chi connectivity index (χ3v) is 6.88. The lowest BCUT2D eigenvalue weighted by Crippen LogP contribution is -2.38. The van der Waals surface area contributed by atoms with Gasteiger partial charge >= 0.3 is 0 Å². The van der Waals surface area contributed by atoms with Crippen molar-refractivity contribution in [3.63, 3.8) is 0 Å². The third kappa shape index (κ3) is 5.05. The number of hydrogen-bond acceptors (Lipinski definition) is 4. The van der Waals surface area contributed by atoms with Crippen LogP contribution in [0.2, 0.25) is 0 Å². The molecule has 2 aromatic heterocycles. The Morgan fingerprint density at radius 3 is 2.67 bits per heavy atom. The second-order valence-electron chi connectivity index (χ2n) is 7.88. The second kappa shape index (κ2) is 9.85. The average molecular weight is 422 g/mol. The van der Waals surface area contributed by atoms with Gasteiger partial charge in [-0.25, -0.2) is 0 Å². The van der Waals surface area contributed by atoms with E-state index >= 15 is 0 Å². The van der Waals surface area contributed by atoms with E-state index in [1.54, 1.807) is 12.4 Å². The molecule has 1 aliphatic heterocycles. The Labute approximate surface area is 181 Å². The van der Waals surface area contributed by atoms with Crippen LogP contribution in [0.3, 0.4) is 0 Å². The lowest BCUT2D eigenvalue weighted by molar-refractivity contribution is 0.0686. The second-order valence-corrected chi connectivity index (χ2v) is 8.96. The number of nitrogens with one attached hydrogen (secondary N) is 1. The van der Waals surface area contributed by atoms with Crippen molar-refractivity contribution >= 4 is 33.2 Å². The first-order valence-corrected chi connectivity index (χ1v) is 11.5. The van der Waals surface area contributed by atoms with E-state index in [0.29, 0.717) is 12.5 Å². The number of hydrogen-bond donors (Lipinski definition) is 1. The number of unbranched alkanes of at least 4 members (excludes halogenated alkanes) is 1. The summed E-state index contributed by atoms with van der Waals surface area (Å²) in [4.78, 5) is 31.7. The SMILES string of the molecule is O=C(NCCCCC1CCN(C(=O)c2ccccc2)CC1)c1cc2ccncc2s1. The predicted octanol–water partition coefficient (Wildman–Crippen LogP) is 4.75. The molecular formula is C24H27N3O2S. The molecule has 0 aliphatic carbocycles. The number of piperidine rings is 1. The summed E-state index contributed by atoms with van der Waals surface area (Å²) < 4.78 is 1.04. The zero-order valence-corrected chi connectivity index (χ0v) is 17.9. The number of carbonyl (C=O) groups is 2. The number of pyridine rings is 1. The van der Waals surface area contributed by atoms with Crippen molar-refractivity contribution < 1.29 is 9.59 Å². The quantitative estimate of drug-likeness (QED) is 0.560. The van der Waals surface area contributed by atoms with Crippen molar-refractivity contribution in [3.05, 3.63) is 65.3 Å². The highest BCUT2D eigenvalue weighted by Gasteiger charge is 2.23. The number of fused-ring (bicyclic) bond motifs is 1. The van der Waals surface area contributed by atoms with E-state index in [1.807, 2.05) is 47.4 Å². The largest absolute Gasteiger partial charge is 0.351 e. The summed E-state index contributed by atoms with van der Waals surface area (Å²) in [5.41, 5.74) is 0.779. The molecule has 3 aromatic rings. The van der Waals surface area contributed by atoms with E-state index in [4.69, 9.17) is 0 Å². The fourth-order valence-corrected chi connectivity index (χ4v) is 4.98. The van der Waals surface area contributed by atoms with Crippen LogP contribution in [0.5, 0.6) is 0 Å². The molecule has 5 nitrogen and oxygen atoms in total. The molecule has 1 aromatic carbocycles. The molecule has 2 amide bonds. The predicted molar refractivity (Wildman–Crippen MR) is 121 cm³/mol. The van der Waals surface area contributed by atoms with Gasteiger partial charge in [0.15, 0.2) is 0 Å². The van der Waals surface area contributed by atoms with Crippen LogP contribution in [0, 0.1) is 5.92 Å². The summed E-state index contributed by atoms with van der Waals surface area (Å²) in [5.74, 6) is 0.827. The van der Waals surface area contributed by atoms with Gasteiger partial charge in [-0.05, 0) is 54.8 Å². The van der Waals surface area contributed by atoms with E-state index in [2.05, 4.69) is 10.3 Å². The van der Waals surface area contributed by atoms with Gasteiger partial charge in [0.2, 0.25) is 0 Å². The topological polar surface area (TPSA) is 62.3 Å². The van der Waals surface area contributed by atoms with Gasteiger partial charge in [0.25, 0.3) is 11.8 Å². The van der Waals surface area contributed by atoms with Crippen LogP contribution in [0.4, 0.5) is 0 Å². The number of benzene rings is 1. The molecule has 0 saturated carbocycles. The van der Waals surface area contributed by atoms with Gasteiger partial charge in [0.1, 0.15) is 0 Å². The summed E-state index contributed by atoms with van der Waals surface area (Å²) >= 11 is 1.49. The Hall–Kier alpha value is -2.73. The van der Waals surface area contributed by atoms with E-state index in [1.165, 1.54) is 11.3 Å².